The summed E-state index contributed by atoms with van der Waals surface area (Å²) < 4.78 is 0. The normalized spacial score (nSPS) is 32.3. The van der Waals surface area contributed by atoms with Crippen molar-refractivity contribution in [3.8, 4) is 12.3 Å². The van der Waals surface area contributed by atoms with Gasteiger partial charge >= 0.3 is 0 Å². The third-order valence-corrected chi connectivity index (χ3v) is 4.04. The van der Waals surface area contributed by atoms with Crippen molar-refractivity contribution in [2.75, 3.05) is 6.54 Å². The van der Waals surface area contributed by atoms with Crippen LogP contribution in [0.15, 0.2) is 0 Å². The third-order valence-electron chi connectivity index (χ3n) is 4.04. The zero-order valence-corrected chi connectivity index (χ0v) is 10.4. The summed E-state index contributed by atoms with van der Waals surface area (Å²) in [4.78, 5) is 11.9. The van der Waals surface area contributed by atoms with Crippen LogP contribution < -0.4 is 10.6 Å². The summed E-state index contributed by atoms with van der Waals surface area (Å²) in [5.41, 5.74) is 0. The minimum absolute atomic E-state index is 0.00660. The molecule has 0 bridgehead atoms. The van der Waals surface area contributed by atoms with Crippen LogP contribution in [0.5, 0.6) is 0 Å². The van der Waals surface area contributed by atoms with E-state index in [0.29, 0.717) is 19.0 Å². The maximum atomic E-state index is 11.9. The zero-order chi connectivity index (χ0) is 12.1. The van der Waals surface area contributed by atoms with Gasteiger partial charge in [-0.15, -0.1) is 12.3 Å². The minimum atomic E-state index is 0.00660. The Morgan fingerprint density at radius 3 is 2.94 bits per heavy atom. The molecule has 3 unspecified atom stereocenters. The first-order valence-corrected chi connectivity index (χ1v) is 6.78. The monoisotopic (exact) mass is 234 g/mol. The SMILES string of the molecule is C#CCCNC(=O)C1CCC2CCCCC2N1. The summed E-state index contributed by atoms with van der Waals surface area (Å²) in [6, 6.07) is 0.577. The first kappa shape index (κ1) is 12.4. The molecule has 3 nitrogen and oxygen atoms in total. The van der Waals surface area contributed by atoms with Crippen molar-refractivity contribution in [2.24, 2.45) is 5.92 Å². The fourth-order valence-electron chi connectivity index (χ4n) is 3.08. The Hall–Kier alpha value is -1.01. The molecule has 1 aliphatic heterocycles. The molecule has 0 radical (unpaired) electrons. The molecule has 0 spiro atoms. The maximum Gasteiger partial charge on any atom is 0.237 e. The van der Waals surface area contributed by atoms with Gasteiger partial charge in [0.05, 0.1) is 6.04 Å². The van der Waals surface area contributed by atoms with E-state index in [1.54, 1.807) is 0 Å². The van der Waals surface area contributed by atoms with Crippen molar-refractivity contribution < 1.29 is 4.79 Å². The van der Waals surface area contributed by atoms with Crippen LogP contribution in [-0.2, 0) is 4.79 Å². The highest BCUT2D eigenvalue weighted by atomic mass is 16.2. The summed E-state index contributed by atoms with van der Waals surface area (Å²) in [5, 5.41) is 6.42. The molecular weight excluding hydrogens is 212 g/mol. The largest absolute Gasteiger partial charge is 0.354 e. The van der Waals surface area contributed by atoms with Crippen LogP contribution in [0.2, 0.25) is 0 Å². The van der Waals surface area contributed by atoms with Crippen molar-refractivity contribution in [2.45, 2.75) is 57.0 Å². The molecule has 0 aromatic heterocycles. The summed E-state index contributed by atoms with van der Waals surface area (Å²) in [5.74, 6) is 3.47. The van der Waals surface area contributed by atoms with Gasteiger partial charge in [-0.1, -0.05) is 12.8 Å². The fraction of sp³-hybridized carbons (Fsp3) is 0.786. The molecule has 0 aromatic rings. The topological polar surface area (TPSA) is 41.1 Å². The number of carbonyl (C=O) groups is 1. The van der Waals surface area contributed by atoms with Crippen LogP contribution in [0.25, 0.3) is 0 Å². The van der Waals surface area contributed by atoms with Crippen molar-refractivity contribution in [1.82, 2.24) is 10.6 Å². The van der Waals surface area contributed by atoms with Gasteiger partial charge in [0.1, 0.15) is 0 Å². The number of piperidine rings is 1. The van der Waals surface area contributed by atoms with E-state index < -0.39 is 0 Å². The molecule has 2 fully saturated rings. The lowest BCUT2D eigenvalue weighted by molar-refractivity contribution is -0.124. The number of terminal acetylenes is 1. The number of carbonyl (C=O) groups excluding carboxylic acids is 1. The van der Waals surface area contributed by atoms with E-state index in [1.807, 2.05) is 0 Å². The highest BCUT2D eigenvalue weighted by Gasteiger charge is 2.34. The molecule has 1 saturated heterocycles. The molecule has 2 rings (SSSR count). The van der Waals surface area contributed by atoms with Crippen LogP contribution in [0.1, 0.15) is 44.9 Å². The van der Waals surface area contributed by atoms with Gasteiger partial charge in [0, 0.05) is 19.0 Å². The van der Waals surface area contributed by atoms with Crippen LogP contribution in [0.4, 0.5) is 0 Å². The second kappa shape index (κ2) is 6.07. The van der Waals surface area contributed by atoms with Gasteiger partial charge in [-0.25, -0.2) is 0 Å². The van der Waals surface area contributed by atoms with Crippen molar-refractivity contribution >= 4 is 5.91 Å². The molecule has 17 heavy (non-hydrogen) atoms. The number of rotatable bonds is 3. The predicted molar refractivity (Wildman–Crippen MR) is 68.4 cm³/mol. The van der Waals surface area contributed by atoms with Crippen LogP contribution >= 0.6 is 0 Å². The number of hydrogen-bond donors (Lipinski definition) is 2. The van der Waals surface area contributed by atoms with Crippen molar-refractivity contribution in [1.29, 1.82) is 0 Å². The molecule has 1 saturated carbocycles. The van der Waals surface area contributed by atoms with Gasteiger partial charge in [0.2, 0.25) is 5.91 Å². The Labute approximate surface area is 104 Å². The highest BCUT2D eigenvalue weighted by Crippen LogP contribution is 2.32. The smallest absolute Gasteiger partial charge is 0.237 e. The summed E-state index contributed by atoms with van der Waals surface area (Å²) >= 11 is 0. The zero-order valence-electron chi connectivity index (χ0n) is 10.4. The molecule has 0 aromatic carbocycles. The third kappa shape index (κ3) is 3.23. The second-order valence-corrected chi connectivity index (χ2v) is 5.19. The standard InChI is InChI=1S/C14H22N2O/c1-2-3-10-15-14(17)13-9-8-11-6-4-5-7-12(11)16-13/h1,11-13,16H,3-10H2,(H,15,17). The molecule has 1 amide bonds. The Kier molecular flexibility index (Phi) is 4.44. The molecular formula is C14H22N2O. The van der Waals surface area contributed by atoms with E-state index in [9.17, 15) is 4.79 Å². The molecule has 2 N–H and O–H groups in total. The minimum Gasteiger partial charge on any atom is -0.354 e. The number of amides is 1. The van der Waals surface area contributed by atoms with E-state index in [-0.39, 0.29) is 11.9 Å². The van der Waals surface area contributed by atoms with Gasteiger partial charge in [-0.3, -0.25) is 4.79 Å². The van der Waals surface area contributed by atoms with Gasteiger partial charge in [0.25, 0.3) is 0 Å². The Balaban J connectivity index is 1.79. The number of hydrogen-bond acceptors (Lipinski definition) is 2. The van der Waals surface area contributed by atoms with Crippen LogP contribution in [0, 0.1) is 18.3 Å². The predicted octanol–water partition coefficient (Wildman–Crippen LogP) is 1.44. The lowest BCUT2D eigenvalue weighted by atomic mass is 9.77. The summed E-state index contributed by atoms with van der Waals surface area (Å²) in [6.45, 7) is 0.599. The molecule has 94 valence electrons. The average Bonchev–Trinajstić information content (AvgIpc) is 2.38. The lowest BCUT2D eigenvalue weighted by Gasteiger charge is -2.39. The first-order chi connectivity index (χ1) is 8.31. The molecule has 2 aliphatic rings. The fourth-order valence-corrected chi connectivity index (χ4v) is 3.08. The van der Waals surface area contributed by atoms with E-state index in [2.05, 4.69) is 16.6 Å². The first-order valence-electron chi connectivity index (χ1n) is 6.78. The number of nitrogens with one attached hydrogen (secondary N) is 2. The van der Waals surface area contributed by atoms with Gasteiger partial charge in [-0.05, 0) is 31.6 Å². The quantitative estimate of drug-likeness (QED) is 0.573. The van der Waals surface area contributed by atoms with Crippen molar-refractivity contribution in [3.05, 3.63) is 0 Å². The van der Waals surface area contributed by atoms with Gasteiger partial charge in [0.15, 0.2) is 0 Å². The van der Waals surface area contributed by atoms with Crippen molar-refractivity contribution in [3.63, 3.8) is 0 Å². The molecule has 1 heterocycles. The van der Waals surface area contributed by atoms with Crippen LogP contribution in [0.3, 0.4) is 0 Å². The summed E-state index contributed by atoms with van der Waals surface area (Å²) in [6.07, 6.45) is 13.2. The second-order valence-electron chi connectivity index (χ2n) is 5.19. The maximum absolute atomic E-state index is 11.9. The van der Waals surface area contributed by atoms with Crippen LogP contribution in [-0.4, -0.2) is 24.5 Å². The highest BCUT2D eigenvalue weighted by molar-refractivity contribution is 5.81. The molecule has 3 heteroatoms. The van der Waals surface area contributed by atoms with E-state index >= 15 is 0 Å². The lowest BCUT2D eigenvalue weighted by Crippen LogP contribution is -2.55. The summed E-state index contributed by atoms with van der Waals surface area (Å²) in [7, 11) is 0. The van der Waals surface area contributed by atoms with Gasteiger partial charge in [-0.2, -0.15) is 0 Å². The Morgan fingerprint density at radius 1 is 1.29 bits per heavy atom. The van der Waals surface area contributed by atoms with E-state index in [0.717, 1.165) is 12.3 Å². The molecule has 3 atom stereocenters. The van der Waals surface area contributed by atoms with E-state index in [4.69, 9.17) is 6.42 Å². The number of fused-ring (bicyclic) bond motifs is 1. The van der Waals surface area contributed by atoms with E-state index in [1.165, 1.54) is 32.1 Å². The molecule has 1 aliphatic carbocycles. The Bertz CT molecular complexity index is 308. The average molecular weight is 234 g/mol. The Morgan fingerprint density at radius 2 is 2.12 bits per heavy atom. The van der Waals surface area contributed by atoms with Gasteiger partial charge < -0.3 is 10.6 Å².